The number of rotatable bonds is 3. The molecule has 0 saturated heterocycles. The molecule has 1 aromatic carbocycles. The van der Waals surface area contributed by atoms with E-state index in [1.54, 1.807) is 6.07 Å². The molecule has 0 unspecified atom stereocenters. The van der Waals surface area contributed by atoms with Crippen LogP contribution in [0.3, 0.4) is 0 Å². The largest absolute Gasteiger partial charge is 0.369 e. The molecule has 106 valence electrons. The van der Waals surface area contributed by atoms with Crippen LogP contribution in [0.15, 0.2) is 18.2 Å². The molecule has 0 amide bonds. The highest BCUT2D eigenvalue weighted by molar-refractivity contribution is 6.37. The maximum atomic E-state index is 6.33. The summed E-state index contributed by atoms with van der Waals surface area (Å²) in [5.74, 6) is 0.672. The number of aryl methyl sites for hydroxylation is 3. The van der Waals surface area contributed by atoms with Gasteiger partial charge in [0.25, 0.3) is 0 Å². The van der Waals surface area contributed by atoms with Crippen molar-refractivity contribution in [2.45, 2.75) is 27.7 Å². The molecule has 0 aliphatic carbocycles. The summed E-state index contributed by atoms with van der Waals surface area (Å²) in [5, 5.41) is 4.27. The fourth-order valence-corrected chi connectivity index (χ4v) is 2.69. The predicted octanol–water partition coefficient (Wildman–Crippen LogP) is 5.41. The monoisotopic (exact) mass is 308 g/mol. The Kier molecular flexibility index (Phi) is 4.56. The zero-order valence-electron chi connectivity index (χ0n) is 12.1. The molecule has 2 nitrogen and oxygen atoms in total. The summed E-state index contributed by atoms with van der Waals surface area (Å²) in [6.45, 7) is 9.04. The van der Waals surface area contributed by atoms with Crippen LogP contribution in [0.1, 0.15) is 23.6 Å². The Morgan fingerprint density at radius 3 is 2.25 bits per heavy atom. The van der Waals surface area contributed by atoms with Crippen molar-refractivity contribution in [3.8, 4) is 11.3 Å². The maximum Gasteiger partial charge on any atom is 0.145 e. The van der Waals surface area contributed by atoms with Gasteiger partial charge in [0.1, 0.15) is 5.82 Å². The average molecular weight is 309 g/mol. The molecule has 0 radical (unpaired) electrons. The fraction of sp³-hybridized carbons (Fsp3) is 0.312. The maximum absolute atomic E-state index is 6.33. The molecule has 0 bridgehead atoms. The Labute approximate surface area is 130 Å². The normalized spacial score (nSPS) is 10.7. The van der Waals surface area contributed by atoms with E-state index in [0.717, 1.165) is 23.4 Å². The molecule has 1 N–H and O–H groups in total. The smallest absolute Gasteiger partial charge is 0.145 e. The van der Waals surface area contributed by atoms with Crippen molar-refractivity contribution in [1.29, 1.82) is 0 Å². The van der Waals surface area contributed by atoms with E-state index in [9.17, 15) is 0 Å². The summed E-state index contributed by atoms with van der Waals surface area (Å²) in [5.41, 5.74) is 5.47. The summed E-state index contributed by atoms with van der Waals surface area (Å²) in [6, 6.07) is 6.03. The van der Waals surface area contributed by atoms with Gasteiger partial charge in [0.15, 0.2) is 0 Å². The number of benzene rings is 1. The van der Waals surface area contributed by atoms with Gasteiger partial charge in [-0.05, 0) is 56.5 Å². The van der Waals surface area contributed by atoms with Gasteiger partial charge in [-0.3, -0.25) is 0 Å². The van der Waals surface area contributed by atoms with Crippen LogP contribution in [0.4, 0.5) is 5.82 Å². The van der Waals surface area contributed by atoms with Crippen LogP contribution in [0, 0.1) is 20.8 Å². The first-order chi connectivity index (χ1) is 9.43. The van der Waals surface area contributed by atoms with Crippen molar-refractivity contribution in [1.82, 2.24) is 4.98 Å². The Bertz CT molecular complexity index is 651. The predicted molar refractivity (Wildman–Crippen MR) is 88.1 cm³/mol. The van der Waals surface area contributed by atoms with E-state index >= 15 is 0 Å². The van der Waals surface area contributed by atoms with Crippen LogP contribution in [0.5, 0.6) is 0 Å². The summed E-state index contributed by atoms with van der Waals surface area (Å²) in [7, 11) is 0. The van der Waals surface area contributed by atoms with E-state index in [0.29, 0.717) is 15.9 Å². The van der Waals surface area contributed by atoms with Gasteiger partial charge in [-0.25, -0.2) is 4.98 Å². The number of pyridine rings is 1. The molecule has 0 atom stereocenters. The summed E-state index contributed by atoms with van der Waals surface area (Å²) in [6.07, 6.45) is 0. The molecule has 4 heteroatoms. The lowest BCUT2D eigenvalue weighted by Gasteiger charge is -2.13. The van der Waals surface area contributed by atoms with E-state index in [1.807, 2.05) is 6.92 Å². The van der Waals surface area contributed by atoms with Gasteiger partial charge in [-0.2, -0.15) is 0 Å². The van der Waals surface area contributed by atoms with Gasteiger partial charge in [0.05, 0.1) is 15.7 Å². The number of halogens is 2. The summed E-state index contributed by atoms with van der Waals surface area (Å²) in [4.78, 5) is 4.59. The number of aromatic nitrogens is 1. The molecule has 1 aromatic heterocycles. The molecule has 1 heterocycles. The van der Waals surface area contributed by atoms with Gasteiger partial charge in [-0.15, -0.1) is 0 Å². The van der Waals surface area contributed by atoms with Crippen LogP contribution in [-0.2, 0) is 0 Å². The third-order valence-corrected chi connectivity index (χ3v) is 3.95. The molecule has 0 aliphatic heterocycles. The average Bonchev–Trinajstić information content (AvgIpc) is 2.38. The summed E-state index contributed by atoms with van der Waals surface area (Å²) >= 11 is 12.5. The molecule has 0 fully saturated rings. The molecule has 2 rings (SSSR count). The van der Waals surface area contributed by atoms with E-state index in [4.69, 9.17) is 23.2 Å². The first kappa shape index (κ1) is 15.1. The SMILES string of the molecule is CCNc1nc(-c2cc(C)c(C)cc2C)c(Cl)cc1Cl. The summed E-state index contributed by atoms with van der Waals surface area (Å²) < 4.78 is 0. The molecular formula is C16H18Cl2N2. The Morgan fingerprint density at radius 2 is 1.60 bits per heavy atom. The molecule has 0 spiro atoms. The van der Waals surface area contributed by atoms with E-state index in [1.165, 1.54) is 11.1 Å². The number of hydrogen-bond acceptors (Lipinski definition) is 2. The second-order valence-electron chi connectivity index (χ2n) is 4.93. The lowest BCUT2D eigenvalue weighted by molar-refractivity contribution is 1.16. The van der Waals surface area contributed by atoms with E-state index in [2.05, 4.69) is 43.2 Å². The minimum atomic E-state index is 0.544. The van der Waals surface area contributed by atoms with Crippen LogP contribution in [0.2, 0.25) is 10.0 Å². The third-order valence-electron chi connectivity index (χ3n) is 3.37. The minimum Gasteiger partial charge on any atom is -0.369 e. The van der Waals surface area contributed by atoms with Crippen molar-refractivity contribution in [2.75, 3.05) is 11.9 Å². The van der Waals surface area contributed by atoms with Gasteiger partial charge in [0.2, 0.25) is 0 Å². The standard InChI is InChI=1S/C16H18Cl2N2/c1-5-19-16-14(18)8-13(17)15(20-16)12-7-10(3)9(2)6-11(12)4/h6-8H,5H2,1-4H3,(H,19,20). The topological polar surface area (TPSA) is 24.9 Å². The Morgan fingerprint density at radius 1 is 0.950 bits per heavy atom. The van der Waals surface area contributed by atoms with Crippen molar-refractivity contribution >= 4 is 29.0 Å². The zero-order chi connectivity index (χ0) is 14.9. The first-order valence-corrected chi connectivity index (χ1v) is 7.37. The lowest BCUT2D eigenvalue weighted by atomic mass is 9.98. The second kappa shape index (κ2) is 6.02. The van der Waals surface area contributed by atoms with Crippen molar-refractivity contribution in [3.63, 3.8) is 0 Å². The number of nitrogens with zero attached hydrogens (tertiary/aromatic N) is 1. The number of hydrogen-bond donors (Lipinski definition) is 1. The van der Waals surface area contributed by atoms with Crippen molar-refractivity contribution in [3.05, 3.63) is 44.9 Å². The molecule has 20 heavy (non-hydrogen) atoms. The minimum absolute atomic E-state index is 0.544. The molecule has 0 aliphatic rings. The number of nitrogens with one attached hydrogen (secondary N) is 1. The van der Waals surface area contributed by atoms with Gasteiger partial charge >= 0.3 is 0 Å². The first-order valence-electron chi connectivity index (χ1n) is 6.62. The Hall–Kier alpha value is -1.25. The van der Waals surface area contributed by atoms with Gasteiger partial charge in [0, 0.05) is 12.1 Å². The van der Waals surface area contributed by atoms with Crippen LogP contribution >= 0.6 is 23.2 Å². The van der Waals surface area contributed by atoms with Crippen molar-refractivity contribution < 1.29 is 0 Å². The highest BCUT2D eigenvalue weighted by Gasteiger charge is 2.13. The van der Waals surface area contributed by atoms with Crippen LogP contribution < -0.4 is 5.32 Å². The number of anilines is 1. The third kappa shape index (κ3) is 2.92. The van der Waals surface area contributed by atoms with Gasteiger partial charge in [-0.1, -0.05) is 29.3 Å². The second-order valence-corrected chi connectivity index (χ2v) is 5.75. The molecule has 2 aromatic rings. The highest BCUT2D eigenvalue weighted by Crippen LogP contribution is 2.34. The van der Waals surface area contributed by atoms with Crippen LogP contribution in [0.25, 0.3) is 11.3 Å². The van der Waals surface area contributed by atoms with Gasteiger partial charge < -0.3 is 5.32 Å². The van der Waals surface area contributed by atoms with Crippen molar-refractivity contribution in [2.24, 2.45) is 0 Å². The van der Waals surface area contributed by atoms with E-state index < -0.39 is 0 Å². The quantitative estimate of drug-likeness (QED) is 0.819. The lowest BCUT2D eigenvalue weighted by Crippen LogP contribution is -2.02. The van der Waals surface area contributed by atoms with E-state index in [-0.39, 0.29) is 0 Å². The Balaban J connectivity index is 2.63. The highest BCUT2D eigenvalue weighted by atomic mass is 35.5. The van der Waals surface area contributed by atoms with Crippen LogP contribution in [-0.4, -0.2) is 11.5 Å². The molecule has 0 saturated carbocycles. The zero-order valence-corrected chi connectivity index (χ0v) is 13.7. The molecular weight excluding hydrogens is 291 g/mol. The fourth-order valence-electron chi connectivity index (χ4n) is 2.16.